The topological polar surface area (TPSA) is 52.4 Å². The van der Waals surface area contributed by atoms with Gasteiger partial charge in [-0.15, -0.1) is 0 Å². The molecule has 6 heteroatoms. The van der Waals surface area contributed by atoms with E-state index < -0.39 is 4.92 Å². The number of ether oxygens (including phenoxy) is 1. The maximum absolute atomic E-state index is 10.8. The minimum absolute atomic E-state index is 0.00878. The average molecular weight is 415 g/mol. The third-order valence-corrected chi connectivity index (χ3v) is 4.21. The van der Waals surface area contributed by atoms with E-state index in [9.17, 15) is 10.1 Å². The molecule has 0 aliphatic carbocycles. The third kappa shape index (κ3) is 4.54. The van der Waals surface area contributed by atoms with Gasteiger partial charge in [-0.05, 0) is 11.6 Å². The molecule has 1 unspecified atom stereocenters. The van der Waals surface area contributed by atoms with Crippen LogP contribution < -0.4 is 4.74 Å². The molecule has 0 N–H and O–H groups in total. The molecule has 0 aliphatic heterocycles. The average Bonchev–Trinajstić information content (AvgIpc) is 2.48. The summed E-state index contributed by atoms with van der Waals surface area (Å²) in [5.74, 6) is 0.669. The van der Waals surface area contributed by atoms with Gasteiger partial charge in [0.15, 0.2) is 0 Å². The molecule has 0 bridgehead atoms. The standard InChI is InChI=1S/C15H13Br2NO3/c16-9-12(11-4-2-1-3-5-11)10-21-15-7-13(17)6-14(8-15)18(19)20/h1-8,12H,9-10H2. The molecular weight excluding hydrogens is 402 g/mol. The zero-order valence-electron chi connectivity index (χ0n) is 11.0. The van der Waals surface area contributed by atoms with Gasteiger partial charge in [0.05, 0.1) is 17.6 Å². The molecule has 0 amide bonds. The van der Waals surface area contributed by atoms with E-state index >= 15 is 0 Å². The van der Waals surface area contributed by atoms with E-state index in [1.165, 1.54) is 17.7 Å². The van der Waals surface area contributed by atoms with E-state index in [4.69, 9.17) is 4.74 Å². The van der Waals surface area contributed by atoms with Gasteiger partial charge >= 0.3 is 0 Å². The monoisotopic (exact) mass is 413 g/mol. The Kier molecular flexibility index (Phi) is 5.76. The third-order valence-electron chi connectivity index (χ3n) is 2.98. The van der Waals surface area contributed by atoms with Crippen molar-refractivity contribution in [3.63, 3.8) is 0 Å². The largest absolute Gasteiger partial charge is 0.493 e. The van der Waals surface area contributed by atoms with Crippen LogP contribution in [-0.4, -0.2) is 16.9 Å². The van der Waals surface area contributed by atoms with Crippen LogP contribution in [0.4, 0.5) is 5.69 Å². The maximum atomic E-state index is 10.8. The predicted octanol–water partition coefficient (Wildman–Crippen LogP) is 4.91. The maximum Gasteiger partial charge on any atom is 0.274 e. The second-order valence-corrected chi connectivity index (χ2v) is 6.04. The first-order valence-corrected chi connectivity index (χ1v) is 8.20. The van der Waals surface area contributed by atoms with Gasteiger partial charge in [0.25, 0.3) is 5.69 Å². The van der Waals surface area contributed by atoms with Crippen LogP contribution in [0.2, 0.25) is 0 Å². The minimum Gasteiger partial charge on any atom is -0.493 e. The molecule has 4 nitrogen and oxygen atoms in total. The molecule has 0 saturated carbocycles. The predicted molar refractivity (Wildman–Crippen MR) is 89.3 cm³/mol. The van der Waals surface area contributed by atoms with Gasteiger partial charge in [0.1, 0.15) is 5.75 Å². The van der Waals surface area contributed by atoms with Crippen LogP contribution in [0.15, 0.2) is 53.0 Å². The molecule has 1 atom stereocenters. The quantitative estimate of drug-likeness (QED) is 0.383. The molecule has 2 aromatic carbocycles. The van der Waals surface area contributed by atoms with Crippen LogP contribution in [0.25, 0.3) is 0 Å². The first kappa shape index (κ1) is 16.0. The Balaban J connectivity index is 2.10. The second kappa shape index (κ2) is 7.56. The number of alkyl halides is 1. The van der Waals surface area contributed by atoms with Crippen molar-refractivity contribution < 1.29 is 9.66 Å². The van der Waals surface area contributed by atoms with Crippen molar-refractivity contribution in [1.82, 2.24) is 0 Å². The number of hydrogen-bond donors (Lipinski definition) is 0. The highest BCUT2D eigenvalue weighted by Gasteiger charge is 2.13. The SMILES string of the molecule is O=[N+]([O-])c1cc(Br)cc(OCC(CBr)c2ccccc2)c1. The lowest BCUT2D eigenvalue weighted by molar-refractivity contribution is -0.385. The van der Waals surface area contributed by atoms with Crippen LogP contribution in [0, 0.1) is 10.1 Å². The molecule has 21 heavy (non-hydrogen) atoms. The number of hydrogen-bond acceptors (Lipinski definition) is 3. The second-order valence-electron chi connectivity index (χ2n) is 4.48. The molecule has 0 spiro atoms. The van der Waals surface area contributed by atoms with Crippen LogP contribution in [0.3, 0.4) is 0 Å². The Labute approximate surface area is 139 Å². The van der Waals surface area contributed by atoms with Crippen LogP contribution in [0.1, 0.15) is 11.5 Å². The van der Waals surface area contributed by atoms with Crippen molar-refractivity contribution in [2.24, 2.45) is 0 Å². The summed E-state index contributed by atoms with van der Waals surface area (Å²) in [5, 5.41) is 11.6. The van der Waals surface area contributed by atoms with Crippen molar-refractivity contribution in [3.05, 3.63) is 68.7 Å². The molecule has 0 fully saturated rings. The zero-order chi connectivity index (χ0) is 15.2. The van der Waals surface area contributed by atoms with Crippen molar-refractivity contribution in [1.29, 1.82) is 0 Å². The summed E-state index contributed by atoms with van der Waals surface area (Å²) in [4.78, 5) is 10.4. The van der Waals surface area contributed by atoms with Gasteiger partial charge in [0.2, 0.25) is 0 Å². The van der Waals surface area contributed by atoms with E-state index in [0.29, 0.717) is 16.8 Å². The lowest BCUT2D eigenvalue weighted by Crippen LogP contribution is -2.11. The Morgan fingerprint density at radius 3 is 2.52 bits per heavy atom. The summed E-state index contributed by atoms with van der Waals surface area (Å²) in [5.41, 5.74) is 1.17. The summed E-state index contributed by atoms with van der Waals surface area (Å²) in [6, 6.07) is 14.6. The summed E-state index contributed by atoms with van der Waals surface area (Å²) in [6.45, 7) is 0.447. The normalized spacial score (nSPS) is 11.9. The molecule has 0 radical (unpaired) electrons. The molecule has 0 heterocycles. The fraction of sp³-hybridized carbons (Fsp3) is 0.200. The molecule has 110 valence electrons. The van der Waals surface area contributed by atoms with Crippen molar-refractivity contribution in [2.45, 2.75) is 5.92 Å². The van der Waals surface area contributed by atoms with E-state index in [1.54, 1.807) is 6.07 Å². The molecule has 2 aromatic rings. The summed E-state index contributed by atoms with van der Waals surface area (Å²) >= 11 is 6.74. The highest BCUT2D eigenvalue weighted by molar-refractivity contribution is 9.10. The first-order chi connectivity index (χ1) is 10.1. The van der Waals surface area contributed by atoms with E-state index in [0.717, 1.165) is 5.33 Å². The Morgan fingerprint density at radius 2 is 1.90 bits per heavy atom. The Hall–Kier alpha value is -1.40. The van der Waals surface area contributed by atoms with Crippen molar-refractivity contribution in [2.75, 3.05) is 11.9 Å². The fourth-order valence-corrected chi connectivity index (χ4v) is 2.91. The van der Waals surface area contributed by atoms with Crippen molar-refractivity contribution in [3.8, 4) is 5.75 Å². The number of benzene rings is 2. The fourth-order valence-electron chi connectivity index (χ4n) is 1.89. The molecule has 2 rings (SSSR count). The summed E-state index contributed by atoms with van der Waals surface area (Å²) in [7, 11) is 0. The molecule has 0 saturated heterocycles. The minimum atomic E-state index is -0.434. The lowest BCUT2D eigenvalue weighted by atomic mass is 10.0. The molecule has 0 aliphatic rings. The zero-order valence-corrected chi connectivity index (χ0v) is 14.2. The van der Waals surface area contributed by atoms with E-state index in [1.807, 2.05) is 30.3 Å². The highest BCUT2D eigenvalue weighted by Crippen LogP contribution is 2.27. The van der Waals surface area contributed by atoms with Gasteiger partial charge in [-0.2, -0.15) is 0 Å². The number of nitro benzene ring substituents is 1. The van der Waals surface area contributed by atoms with E-state index in [2.05, 4.69) is 31.9 Å². The van der Waals surface area contributed by atoms with Gasteiger partial charge < -0.3 is 4.74 Å². The van der Waals surface area contributed by atoms with Crippen LogP contribution >= 0.6 is 31.9 Å². The molecule has 0 aromatic heterocycles. The van der Waals surface area contributed by atoms with E-state index in [-0.39, 0.29) is 11.6 Å². The van der Waals surface area contributed by atoms with Gasteiger partial charge in [-0.1, -0.05) is 62.2 Å². The van der Waals surface area contributed by atoms with Crippen LogP contribution in [-0.2, 0) is 0 Å². The first-order valence-electron chi connectivity index (χ1n) is 6.29. The summed E-state index contributed by atoms with van der Waals surface area (Å²) in [6.07, 6.45) is 0. The summed E-state index contributed by atoms with van der Waals surface area (Å²) < 4.78 is 6.35. The number of halogens is 2. The van der Waals surface area contributed by atoms with Crippen molar-refractivity contribution >= 4 is 37.5 Å². The number of nitro groups is 1. The smallest absolute Gasteiger partial charge is 0.274 e. The highest BCUT2D eigenvalue weighted by atomic mass is 79.9. The number of rotatable bonds is 6. The molecular formula is C15H13Br2NO3. The van der Waals surface area contributed by atoms with Crippen LogP contribution in [0.5, 0.6) is 5.75 Å². The Morgan fingerprint density at radius 1 is 1.19 bits per heavy atom. The van der Waals surface area contributed by atoms with Gasteiger partial charge in [-0.3, -0.25) is 10.1 Å². The lowest BCUT2D eigenvalue weighted by Gasteiger charge is -2.15. The number of nitrogens with zero attached hydrogens (tertiary/aromatic N) is 1. The number of non-ortho nitro benzene ring substituents is 1. The van der Waals surface area contributed by atoms with Gasteiger partial charge in [-0.25, -0.2) is 0 Å². The van der Waals surface area contributed by atoms with Gasteiger partial charge in [0, 0.05) is 21.8 Å². The Bertz CT molecular complexity index is 620.